The molecule has 0 aliphatic carbocycles. The van der Waals surface area contributed by atoms with Gasteiger partial charge in [-0.3, -0.25) is 14.4 Å². The minimum atomic E-state index is -1.25. The third-order valence-electron chi connectivity index (χ3n) is 9.86. The highest BCUT2D eigenvalue weighted by molar-refractivity contribution is 6.07. The van der Waals surface area contributed by atoms with Crippen LogP contribution >= 0.6 is 0 Å². The van der Waals surface area contributed by atoms with E-state index in [4.69, 9.17) is 14.2 Å². The highest BCUT2D eigenvalue weighted by atomic mass is 16.5. The van der Waals surface area contributed by atoms with Crippen LogP contribution in [-0.4, -0.2) is 84.4 Å². The standard InChI is InChI=1S/C36H45N3O7/c1-7-21-37(25-13-17-28(18-14-25)45-10-4)32(41)29-30-33(42)39(24(5)23-40)31(36(30)20-19-35(29,9-3)46-36)34(43)38(22-8-2)26-11-15-27(44-6)16-12-26/h7-8,11-18,24,29-31,40H,1-2,9-10,19-23H2,3-6H3/t24-,29-,30+,31?,35+,36?/m1/s1. The quantitative estimate of drug-likeness (QED) is 0.309. The molecule has 3 aliphatic heterocycles. The van der Waals surface area contributed by atoms with Crippen molar-refractivity contribution in [2.24, 2.45) is 11.8 Å². The first-order valence-electron chi connectivity index (χ1n) is 16.0. The number of rotatable bonds is 14. The largest absolute Gasteiger partial charge is 0.497 e. The Morgan fingerprint density at radius 2 is 1.57 bits per heavy atom. The van der Waals surface area contributed by atoms with Crippen molar-refractivity contribution in [3.05, 3.63) is 73.8 Å². The van der Waals surface area contributed by atoms with E-state index in [2.05, 4.69) is 13.2 Å². The van der Waals surface area contributed by atoms with E-state index in [0.29, 0.717) is 48.7 Å². The van der Waals surface area contributed by atoms with Crippen LogP contribution in [0.5, 0.6) is 11.5 Å². The van der Waals surface area contributed by atoms with Gasteiger partial charge in [-0.05, 0) is 81.6 Å². The molecule has 3 amide bonds. The topological polar surface area (TPSA) is 109 Å². The average Bonchev–Trinajstić information content (AvgIpc) is 3.69. The zero-order valence-electron chi connectivity index (χ0n) is 27.2. The van der Waals surface area contributed by atoms with Crippen LogP contribution in [0.2, 0.25) is 0 Å². The molecule has 10 heteroatoms. The van der Waals surface area contributed by atoms with Crippen LogP contribution in [0.4, 0.5) is 11.4 Å². The Hall–Kier alpha value is -4.15. The molecule has 6 atom stereocenters. The number of methoxy groups -OCH3 is 1. The van der Waals surface area contributed by atoms with Crippen LogP contribution in [0.15, 0.2) is 73.8 Å². The first-order chi connectivity index (χ1) is 22.2. The Bertz CT molecular complexity index is 1460. The molecular weight excluding hydrogens is 586 g/mol. The Labute approximate surface area is 271 Å². The van der Waals surface area contributed by atoms with Crippen molar-refractivity contribution < 1.29 is 33.7 Å². The SMILES string of the molecule is C=CCN(C(=O)C1N([C@H](C)CO)C(=O)[C@@H]2[C@H](C(=O)N(CC=C)c3ccc(OCC)cc3)[C@]3(CC)CCC12O3)c1ccc(OC)cc1. The van der Waals surface area contributed by atoms with Gasteiger partial charge in [-0.15, -0.1) is 13.2 Å². The summed E-state index contributed by atoms with van der Waals surface area (Å²) in [5.41, 5.74) is -0.934. The molecule has 1 spiro atoms. The number of hydrogen-bond donors (Lipinski definition) is 1. The minimum Gasteiger partial charge on any atom is -0.497 e. The summed E-state index contributed by atoms with van der Waals surface area (Å²) < 4.78 is 17.9. The van der Waals surface area contributed by atoms with Crippen molar-refractivity contribution in [3.63, 3.8) is 0 Å². The summed E-state index contributed by atoms with van der Waals surface area (Å²) in [7, 11) is 1.57. The number of carbonyl (C=O) groups excluding carboxylic acids is 3. The molecule has 246 valence electrons. The molecule has 10 nitrogen and oxygen atoms in total. The second-order valence-corrected chi connectivity index (χ2v) is 12.2. The van der Waals surface area contributed by atoms with E-state index in [1.807, 2.05) is 38.1 Å². The molecule has 1 N–H and O–H groups in total. The Balaban J connectivity index is 1.59. The van der Waals surface area contributed by atoms with Crippen molar-refractivity contribution in [1.29, 1.82) is 0 Å². The zero-order valence-corrected chi connectivity index (χ0v) is 27.2. The minimum absolute atomic E-state index is 0.185. The monoisotopic (exact) mass is 631 g/mol. The van der Waals surface area contributed by atoms with E-state index in [1.165, 1.54) is 4.90 Å². The van der Waals surface area contributed by atoms with Gasteiger partial charge in [-0.25, -0.2) is 0 Å². The summed E-state index contributed by atoms with van der Waals surface area (Å²) >= 11 is 0. The summed E-state index contributed by atoms with van der Waals surface area (Å²) in [6.07, 6.45) is 4.73. The predicted molar refractivity (Wildman–Crippen MR) is 176 cm³/mol. The predicted octanol–water partition coefficient (Wildman–Crippen LogP) is 4.37. The third-order valence-corrected chi connectivity index (χ3v) is 9.86. The van der Waals surface area contributed by atoms with Crippen molar-refractivity contribution in [2.75, 3.05) is 43.2 Å². The van der Waals surface area contributed by atoms with E-state index < -0.39 is 35.1 Å². The maximum atomic E-state index is 14.8. The van der Waals surface area contributed by atoms with Crippen LogP contribution in [0, 0.1) is 11.8 Å². The maximum absolute atomic E-state index is 14.8. The fraction of sp³-hybridized carbons (Fsp3) is 0.472. The van der Waals surface area contributed by atoms with Crippen molar-refractivity contribution in [1.82, 2.24) is 4.90 Å². The van der Waals surface area contributed by atoms with Crippen LogP contribution in [0.1, 0.15) is 40.0 Å². The Morgan fingerprint density at radius 3 is 2.07 bits per heavy atom. The molecule has 2 aromatic rings. The molecule has 46 heavy (non-hydrogen) atoms. The summed E-state index contributed by atoms with van der Waals surface area (Å²) in [5.74, 6) is -1.39. The van der Waals surface area contributed by atoms with Crippen LogP contribution in [0.3, 0.4) is 0 Å². The van der Waals surface area contributed by atoms with Gasteiger partial charge in [0.1, 0.15) is 23.1 Å². The fourth-order valence-electron chi connectivity index (χ4n) is 7.74. The first-order valence-corrected chi connectivity index (χ1v) is 16.0. The van der Waals surface area contributed by atoms with Gasteiger partial charge < -0.3 is 34.0 Å². The van der Waals surface area contributed by atoms with E-state index >= 15 is 0 Å². The Kier molecular flexibility index (Phi) is 9.60. The lowest BCUT2D eigenvalue weighted by Gasteiger charge is -2.38. The number of fused-ring (bicyclic) bond motifs is 1. The summed E-state index contributed by atoms with van der Waals surface area (Å²) in [5, 5.41) is 10.3. The van der Waals surface area contributed by atoms with Gasteiger partial charge in [0, 0.05) is 24.5 Å². The molecule has 3 aliphatic rings. The van der Waals surface area contributed by atoms with Gasteiger partial charge in [-0.2, -0.15) is 0 Å². The van der Waals surface area contributed by atoms with Crippen molar-refractivity contribution in [3.8, 4) is 11.5 Å². The summed E-state index contributed by atoms with van der Waals surface area (Å²) in [6.45, 7) is 13.9. The molecule has 0 radical (unpaired) electrons. The van der Waals surface area contributed by atoms with Crippen LogP contribution < -0.4 is 19.3 Å². The third kappa shape index (κ3) is 5.27. The highest BCUT2D eigenvalue weighted by Gasteiger charge is 2.79. The Morgan fingerprint density at radius 1 is 1.00 bits per heavy atom. The molecule has 3 saturated heterocycles. The molecule has 5 rings (SSSR count). The van der Waals surface area contributed by atoms with Gasteiger partial charge in [-0.1, -0.05) is 19.1 Å². The lowest BCUT2D eigenvalue weighted by Crippen LogP contribution is -2.58. The number of nitrogens with zero attached hydrogens (tertiary/aromatic N) is 3. The van der Waals surface area contributed by atoms with Gasteiger partial charge in [0.2, 0.25) is 11.8 Å². The van der Waals surface area contributed by atoms with Crippen LogP contribution in [0.25, 0.3) is 0 Å². The molecule has 2 unspecified atom stereocenters. The molecule has 0 saturated carbocycles. The number of carbonyl (C=O) groups is 3. The molecule has 3 heterocycles. The van der Waals surface area contributed by atoms with Crippen LogP contribution in [-0.2, 0) is 19.1 Å². The number of amides is 3. The normalized spacial score (nSPS) is 26.8. The maximum Gasteiger partial charge on any atom is 0.253 e. The molecule has 2 aromatic carbocycles. The van der Waals surface area contributed by atoms with E-state index in [1.54, 1.807) is 60.3 Å². The number of ether oxygens (including phenoxy) is 3. The lowest BCUT2D eigenvalue weighted by molar-refractivity contribution is -0.149. The van der Waals surface area contributed by atoms with Crippen molar-refractivity contribution in [2.45, 2.75) is 63.3 Å². The van der Waals surface area contributed by atoms with Gasteiger partial charge in [0.25, 0.3) is 5.91 Å². The summed E-state index contributed by atoms with van der Waals surface area (Å²) in [4.78, 5) is 48.8. The van der Waals surface area contributed by atoms with Crippen molar-refractivity contribution >= 4 is 29.1 Å². The number of benzene rings is 2. The average molecular weight is 632 g/mol. The van der Waals surface area contributed by atoms with E-state index in [0.717, 1.165) is 0 Å². The fourth-order valence-corrected chi connectivity index (χ4v) is 7.74. The number of hydrogen-bond acceptors (Lipinski definition) is 7. The first kappa shape index (κ1) is 33.2. The van der Waals surface area contributed by atoms with E-state index in [9.17, 15) is 19.5 Å². The number of aliphatic hydroxyl groups is 1. The second kappa shape index (κ2) is 13.3. The smallest absolute Gasteiger partial charge is 0.253 e. The summed E-state index contributed by atoms with van der Waals surface area (Å²) in [6, 6.07) is 12.6. The molecule has 0 aromatic heterocycles. The number of likely N-dealkylation sites (tertiary alicyclic amines) is 1. The molecular formula is C36H45N3O7. The van der Waals surface area contributed by atoms with Gasteiger partial charge >= 0.3 is 0 Å². The van der Waals surface area contributed by atoms with Gasteiger partial charge in [0.15, 0.2) is 0 Å². The number of anilines is 2. The second-order valence-electron chi connectivity index (χ2n) is 12.2. The van der Waals surface area contributed by atoms with Gasteiger partial charge in [0.05, 0.1) is 43.8 Å². The molecule has 3 fully saturated rings. The number of aliphatic hydroxyl groups excluding tert-OH is 1. The molecule has 2 bridgehead atoms. The van der Waals surface area contributed by atoms with E-state index in [-0.39, 0.29) is 37.4 Å². The lowest BCUT2D eigenvalue weighted by atomic mass is 9.64. The zero-order chi connectivity index (χ0) is 33.2. The highest BCUT2D eigenvalue weighted by Crippen LogP contribution is 2.65.